The second-order valence-corrected chi connectivity index (χ2v) is 6.60. The number of rotatable bonds is 4. The molecule has 0 saturated carbocycles. The summed E-state index contributed by atoms with van der Waals surface area (Å²) in [7, 11) is 1.59. The van der Waals surface area contributed by atoms with Crippen LogP contribution in [-0.4, -0.2) is 39.3 Å². The van der Waals surface area contributed by atoms with Crippen molar-refractivity contribution >= 4 is 23.1 Å². The number of aryl methyl sites for hydroxylation is 2. The zero-order valence-electron chi connectivity index (χ0n) is 15.8. The molecule has 0 atom stereocenters. The van der Waals surface area contributed by atoms with E-state index in [1.807, 2.05) is 19.1 Å². The van der Waals surface area contributed by atoms with Crippen LogP contribution in [-0.2, 0) is 11.0 Å². The van der Waals surface area contributed by atoms with Gasteiger partial charge in [0.1, 0.15) is 0 Å². The largest absolute Gasteiger partial charge is 0.453 e. The van der Waals surface area contributed by atoms with E-state index in [1.54, 1.807) is 33.0 Å². The normalized spacial score (nSPS) is 11.7. The van der Waals surface area contributed by atoms with Gasteiger partial charge in [-0.25, -0.2) is 0 Å². The molecule has 0 spiro atoms. The van der Waals surface area contributed by atoms with Crippen LogP contribution in [0.25, 0.3) is 5.65 Å². The zero-order valence-corrected chi connectivity index (χ0v) is 15.8. The quantitative estimate of drug-likeness (QED) is 0.738. The van der Waals surface area contributed by atoms with Crippen molar-refractivity contribution in [3.05, 3.63) is 46.8 Å². The molecule has 3 rings (SSSR count). The van der Waals surface area contributed by atoms with Crippen LogP contribution in [0.3, 0.4) is 0 Å². The van der Waals surface area contributed by atoms with Gasteiger partial charge in [-0.15, -0.1) is 15.3 Å². The molecule has 0 radical (unpaired) electrons. The molecule has 0 aliphatic rings. The number of anilines is 2. The number of nitrogens with zero attached hydrogens (tertiary/aromatic N) is 5. The van der Waals surface area contributed by atoms with E-state index in [-0.39, 0.29) is 23.9 Å². The summed E-state index contributed by atoms with van der Waals surface area (Å²) in [6, 6.07) is 7.29. The van der Waals surface area contributed by atoms with Gasteiger partial charge in [0.25, 0.3) is 5.82 Å². The van der Waals surface area contributed by atoms with Crippen LogP contribution in [0, 0.1) is 20.8 Å². The minimum atomic E-state index is -4.69. The minimum absolute atomic E-state index is 0.0334. The van der Waals surface area contributed by atoms with Crippen LogP contribution in [0.15, 0.2) is 24.3 Å². The van der Waals surface area contributed by atoms with Crippen molar-refractivity contribution in [1.29, 1.82) is 0 Å². The minimum Gasteiger partial charge on any atom is -0.349 e. The lowest BCUT2D eigenvalue weighted by Crippen LogP contribution is -2.32. The standard InChI is InChI=1S/C18H19F3N6O/c1-10-5-7-13(8-6-10)22-14(28)9-26(4)16-12(3)11(2)15-23-24-17(18(19,20)21)27(15)25-16/h5-8H,9H2,1-4H3,(H,22,28). The van der Waals surface area contributed by atoms with Crippen LogP contribution in [0.5, 0.6) is 0 Å². The Morgan fingerprint density at radius 3 is 2.36 bits per heavy atom. The molecule has 3 aromatic rings. The van der Waals surface area contributed by atoms with Gasteiger partial charge in [-0.3, -0.25) is 4.79 Å². The van der Waals surface area contributed by atoms with Gasteiger partial charge in [-0.05, 0) is 32.9 Å². The maximum Gasteiger partial charge on any atom is 0.453 e. The van der Waals surface area contributed by atoms with Crippen molar-refractivity contribution < 1.29 is 18.0 Å². The first-order chi connectivity index (χ1) is 13.1. The van der Waals surface area contributed by atoms with Gasteiger partial charge in [0.15, 0.2) is 11.5 Å². The highest BCUT2D eigenvalue weighted by Crippen LogP contribution is 2.30. The predicted octanol–water partition coefficient (Wildman–Crippen LogP) is 3.14. The van der Waals surface area contributed by atoms with E-state index in [0.29, 0.717) is 21.3 Å². The monoisotopic (exact) mass is 392 g/mol. The molecule has 0 aliphatic carbocycles. The highest BCUT2D eigenvalue weighted by Gasteiger charge is 2.38. The van der Waals surface area contributed by atoms with Crippen molar-refractivity contribution in [3.63, 3.8) is 0 Å². The molecule has 1 N–H and O–H groups in total. The summed E-state index contributed by atoms with van der Waals surface area (Å²) in [6.07, 6.45) is -4.69. The third-order valence-corrected chi connectivity index (χ3v) is 4.40. The van der Waals surface area contributed by atoms with Gasteiger partial charge in [0.05, 0.1) is 6.54 Å². The van der Waals surface area contributed by atoms with E-state index in [0.717, 1.165) is 5.56 Å². The molecule has 1 amide bonds. The van der Waals surface area contributed by atoms with E-state index < -0.39 is 12.0 Å². The Hall–Kier alpha value is -3.17. The van der Waals surface area contributed by atoms with Crippen molar-refractivity contribution in [2.24, 2.45) is 0 Å². The summed E-state index contributed by atoms with van der Waals surface area (Å²) in [5, 5.41) is 13.6. The average Bonchev–Trinajstić information content (AvgIpc) is 3.04. The molecule has 0 fully saturated rings. The van der Waals surface area contributed by atoms with Gasteiger partial charge in [-0.1, -0.05) is 17.7 Å². The van der Waals surface area contributed by atoms with Gasteiger partial charge >= 0.3 is 6.18 Å². The number of carbonyl (C=O) groups excluding carboxylic acids is 1. The number of hydrogen-bond acceptors (Lipinski definition) is 5. The molecular formula is C18H19F3N6O. The highest BCUT2D eigenvalue weighted by atomic mass is 19.4. The molecule has 2 aromatic heterocycles. The zero-order chi connectivity index (χ0) is 20.6. The number of hydrogen-bond donors (Lipinski definition) is 1. The van der Waals surface area contributed by atoms with E-state index in [2.05, 4.69) is 20.6 Å². The number of likely N-dealkylation sites (N-methyl/N-ethyl adjacent to an activating group) is 1. The Morgan fingerprint density at radius 2 is 1.75 bits per heavy atom. The van der Waals surface area contributed by atoms with E-state index in [9.17, 15) is 18.0 Å². The Balaban J connectivity index is 1.88. The van der Waals surface area contributed by atoms with Crippen LogP contribution in [0.1, 0.15) is 22.5 Å². The number of benzene rings is 1. The lowest BCUT2D eigenvalue weighted by Gasteiger charge is -2.21. The third kappa shape index (κ3) is 3.75. The molecule has 10 heteroatoms. The van der Waals surface area contributed by atoms with E-state index in [4.69, 9.17) is 0 Å². The average molecular weight is 392 g/mol. The van der Waals surface area contributed by atoms with Gasteiger partial charge < -0.3 is 10.2 Å². The summed E-state index contributed by atoms with van der Waals surface area (Å²) in [5.41, 5.74) is 2.87. The summed E-state index contributed by atoms with van der Waals surface area (Å²) in [5.74, 6) is -1.27. The number of halogens is 3. The van der Waals surface area contributed by atoms with Crippen LogP contribution in [0.2, 0.25) is 0 Å². The smallest absolute Gasteiger partial charge is 0.349 e. The Kier molecular flexibility index (Phi) is 4.97. The fourth-order valence-electron chi connectivity index (χ4n) is 2.78. The first kappa shape index (κ1) is 19.6. The molecule has 28 heavy (non-hydrogen) atoms. The second-order valence-electron chi connectivity index (χ2n) is 6.60. The molecule has 0 unspecified atom stereocenters. The van der Waals surface area contributed by atoms with Crippen molar-refractivity contribution in [1.82, 2.24) is 19.8 Å². The highest BCUT2D eigenvalue weighted by molar-refractivity contribution is 5.94. The van der Waals surface area contributed by atoms with Gasteiger partial charge in [0, 0.05) is 23.9 Å². The van der Waals surface area contributed by atoms with E-state index >= 15 is 0 Å². The molecule has 2 heterocycles. The van der Waals surface area contributed by atoms with E-state index in [1.165, 1.54) is 4.90 Å². The molecule has 0 saturated heterocycles. The van der Waals surface area contributed by atoms with Gasteiger partial charge in [0.2, 0.25) is 5.91 Å². The maximum atomic E-state index is 13.2. The molecule has 1 aromatic carbocycles. The van der Waals surface area contributed by atoms with Crippen molar-refractivity contribution in [2.75, 3.05) is 23.8 Å². The summed E-state index contributed by atoms with van der Waals surface area (Å²) in [4.78, 5) is 13.8. The summed E-state index contributed by atoms with van der Waals surface area (Å²) in [6.45, 7) is 5.21. The molecule has 0 bridgehead atoms. The number of fused-ring (bicyclic) bond motifs is 1. The number of nitrogens with one attached hydrogen (secondary N) is 1. The Bertz CT molecular complexity index is 1030. The third-order valence-electron chi connectivity index (χ3n) is 4.40. The Labute approximate surface area is 159 Å². The fraction of sp³-hybridized carbons (Fsp3) is 0.333. The molecule has 7 nitrogen and oxygen atoms in total. The van der Waals surface area contributed by atoms with Crippen molar-refractivity contribution in [2.45, 2.75) is 26.9 Å². The van der Waals surface area contributed by atoms with Crippen molar-refractivity contribution in [3.8, 4) is 0 Å². The molecule has 0 aliphatic heterocycles. The lowest BCUT2D eigenvalue weighted by molar-refractivity contribution is -0.146. The van der Waals surface area contributed by atoms with Crippen LogP contribution in [0.4, 0.5) is 24.7 Å². The first-order valence-electron chi connectivity index (χ1n) is 8.45. The predicted molar refractivity (Wildman–Crippen MR) is 98.3 cm³/mol. The fourth-order valence-corrected chi connectivity index (χ4v) is 2.78. The number of aromatic nitrogens is 4. The number of amides is 1. The number of carbonyl (C=O) groups is 1. The topological polar surface area (TPSA) is 75.4 Å². The van der Waals surface area contributed by atoms with Crippen LogP contribution >= 0.6 is 0 Å². The maximum absolute atomic E-state index is 13.2. The second kappa shape index (κ2) is 7.10. The Morgan fingerprint density at radius 1 is 1.11 bits per heavy atom. The first-order valence-corrected chi connectivity index (χ1v) is 8.45. The summed E-state index contributed by atoms with van der Waals surface area (Å²) >= 11 is 0. The number of alkyl halides is 3. The molecular weight excluding hydrogens is 373 g/mol. The SMILES string of the molecule is Cc1ccc(NC(=O)CN(C)c2nn3c(C(F)(F)F)nnc3c(C)c2C)cc1. The lowest BCUT2D eigenvalue weighted by atomic mass is 10.2. The van der Waals surface area contributed by atoms with Crippen LogP contribution < -0.4 is 10.2 Å². The summed E-state index contributed by atoms with van der Waals surface area (Å²) < 4.78 is 40.1. The van der Waals surface area contributed by atoms with Gasteiger partial charge in [-0.2, -0.15) is 17.7 Å². The molecule has 148 valence electrons.